The molecule has 2 aromatic carbocycles. The third kappa shape index (κ3) is 8.24. The molecule has 1 amide bonds. The highest BCUT2D eigenvalue weighted by Gasteiger charge is 2.11. The zero-order chi connectivity index (χ0) is 21.2. The molecule has 0 saturated carbocycles. The maximum absolute atomic E-state index is 11.0. The van der Waals surface area contributed by atoms with Gasteiger partial charge in [-0.2, -0.15) is 0 Å². The number of carbonyl (C=O) groups is 1. The number of unbranched alkanes of at least 4 members (excludes halogenated alkanes) is 1. The molecule has 3 N–H and O–H groups in total. The van der Waals surface area contributed by atoms with Gasteiger partial charge in [0, 0.05) is 26.1 Å². The molecule has 1 aliphatic heterocycles. The molecule has 1 atom stereocenters. The van der Waals surface area contributed by atoms with E-state index in [1.54, 1.807) is 5.48 Å². The van der Waals surface area contributed by atoms with Crippen LogP contribution in [0.1, 0.15) is 42.9 Å². The molecular weight excluding hydrogens is 416 g/mol. The molecule has 31 heavy (non-hydrogen) atoms. The number of amides is 1. The van der Waals surface area contributed by atoms with E-state index in [9.17, 15) is 9.90 Å². The Morgan fingerprint density at radius 1 is 1.00 bits per heavy atom. The van der Waals surface area contributed by atoms with Crippen LogP contribution in [0.5, 0.6) is 0 Å². The van der Waals surface area contributed by atoms with Crippen LogP contribution in [-0.4, -0.2) is 54.0 Å². The van der Waals surface area contributed by atoms with E-state index in [2.05, 4.69) is 29.2 Å². The van der Waals surface area contributed by atoms with Gasteiger partial charge < -0.3 is 9.84 Å². The molecular formula is C24H33ClN2O4. The van der Waals surface area contributed by atoms with E-state index in [1.807, 2.05) is 24.3 Å². The lowest BCUT2D eigenvalue weighted by molar-refractivity contribution is -0.129. The lowest BCUT2D eigenvalue weighted by Gasteiger charge is -2.26. The fourth-order valence-electron chi connectivity index (χ4n) is 3.72. The number of ether oxygens (including phenoxy) is 1. The van der Waals surface area contributed by atoms with Crippen LogP contribution in [0.4, 0.5) is 0 Å². The minimum absolute atomic E-state index is 0. The molecule has 1 heterocycles. The Morgan fingerprint density at radius 2 is 1.61 bits per heavy atom. The van der Waals surface area contributed by atoms with Crippen molar-refractivity contribution >= 4 is 18.3 Å². The number of hydroxylamine groups is 1. The van der Waals surface area contributed by atoms with E-state index in [0.29, 0.717) is 12.8 Å². The number of aliphatic hydroxyl groups excluding tert-OH is 1. The maximum Gasteiger partial charge on any atom is 0.243 e. The van der Waals surface area contributed by atoms with Crippen molar-refractivity contribution in [3.8, 4) is 11.1 Å². The Morgan fingerprint density at radius 3 is 2.23 bits per heavy atom. The minimum Gasteiger partial charge on any atom is -0.388 e. The predicted molar refractivity (Wildman–Crippen MR) is 123 cm³/mol. The van der Waals surface area contributed by atoms with Gasteiger partial charge in [0.15, 0.2) is 0 Å². The van der Waals surface area contributed by atoms with E-state index >= 15 is 0 Å². The monoisotopic (exact) mass is 448 g/mol. The molecule has 0 aromatic heterocycles. The summed E-state index contributed by atoms with van der Waals surface area (Å²) < 4.78 is 5.40. The number of morpholine rings is 1. The Hall–Kier alpha value is -1.96. The normalized spacial score (nSPS) is 15.2. The molecule has 6 nitrogen and oxygen atoms in total. The Kier molecular flexibility index (Phi) is 11.0. The standard InChI is InChI=1S/C24H32N2O4.ClH/c27-23(3-1-2-4-24(28)25-29)22-11-9-21(10-12-22)20-7-5-19(6-8-20)13-14-26-15-17-30-18-16-26;/h5-12,23,27,29H,1-4,13-18H2,(H,25,28);1H. The topological polar surface area (TPSA) is 82.0 Å². The molecule has 0 bridgehead atoms. The highest BCUT2D eigenvalue weighted by atomic mass is 35.5. The summed E-state index contributed by atoms with van der Waals surface area (Å²) in [5, 5.41) is 18.8. The van der Waals surface area contributed by atoms with E-state index in [0.717, 1.165) is 56.8 Å². The number of nitrogens with zero attached hydrogens (tertiary/aromatic N) is 1. The van der Waals surface area contributed by atoms with Crippen LogP contribution in [0.15, 0.2) is 48.5 Å². The smallest absolute Gasteiger partial charge is 0.243 e. The van der Waals surface area contributed by atoms with Gasteiger partial charge >= 0.3 is 0 Å². The van der Waals surface area contributed by atoms with Crippen LogP contribution in [0.25, 0.3) is 11.1 Å². The van der Waals surface area contributed by atoms with Gasteiger partial charge in [0.25, 0.3) is 0 Å². The van der Waals surface area contributed by atoms with Crippen LogP contribution >= 0.6 is 12.4 Å². The summed E-state index contributed by atoms with van der Waals surface area (Å²) in [5.74, 6) is -0.388. The van der Waals surface area contributed by atoms with Crippen LogP contribution < -0.4 is 5.48 Å². The van der Waals surface area contributed by atoms with Gasteiger partial charge in [-0.05, 0) is 41.5 Å². The lowest BCUT2D eigenvalue weighted by atomic mass is 9.98. The van der Waals surface area contributed by atoms with Crippen LogP contribution in [0, 0.1) is 0 Å². The fraction of sp³-hybridized carbons (Fsp3) is 0.458. The first kappa shape index (κ1) is 25.3. The summed E-state index contributed by atoms with van der Waals surface area (Å²) in [6.45, 7) is 4.79. The lowest BCUT2D eigenvalue weighted by Crippen LogP contribution is -2.37. The highest BCUT2D eigenvalue weighted by Crippen LogP contribution is 2.25. The van der Waals surface area contributed by atoms with Gasteiger partial charge in [-0.1, -0.05) is 55.0 Å². The first-order valence-electron chi connectivity index (χ1n) is 10.8. The molecule has 1 fully saturated rings. The highest BCUT2D eigenvalue weighted by molar-refractivity contribution is 5.85. The third-order valence-electron chi connectivity index (χ3n) is 5.66. The van der Waals surface area contributed by atoms with Gasteiger partial charge in [-0.15, -0.1) is 12.4 Å². The number of hydrogen-bond donors (Lipinski definition) is 3. The zero-order valence-corrected chi connectivity index (χ0v) is 18.7. The average molecular weight is 449 g/mol. The van der Waals surface area contributed by atoms with Crippen molar-refractivity contribution in [2.45, 2.75) is 38.2 Å². The molecule has 170 valence electrons. The summed E-state index contributed by atoms with van der Waals surface area (Å²) in [4.78, 5) is 13.4. The molecule has 3 rings (SSSR count). The summed E-state index contributed by atoms with van der Waals surface area (Å²) in [6.07, 6.45) is 2.73. The number of benzene rings is 2. The fourth-order valence-corrected chi connectivity index (χ4v) is 3.72. The SMILES string of the molecule is Cl.O=C(CCCCC(O)c1ccc(-c2ccc(CCN3CCOCC3)cc2)cc1)NO. The summed E-state index contributed by atoms with van der Waals surface area (Å²) in [5.41, 5.74) is 6.14. The van der Waals surface area contributed by atoms with Gasteiger partial charge in [0.2, 0.25) is 5.91 Å². The minimum atomic E-state index is -0.543. The number of hydrogen-bond acceptors (Lipinski definition) is 5. The van der Waals surface area contributed by atoms with Crippen molar-refractivity contribution in [1.82, 2.24) is 10.4 Å². The second-order valence-electron chi connectivity index (χ2n) is 7.82. The Balaban J connectivity index is 0.00000341. The number of nitrogens with one attached hydrogen (secondary N) is 1. The summed E-state index contributed by atoms with van der Waals surface area (Å²) >= 11 is 0. The van der Waals surface area contributed by atoms with Gasteiger partial charge in [-0.25, -0.2) is 5.48 Å². The molecule has 2 aromatic rings. The van der Waals surface area contributed by atoms with Gasteiger partial charge in [0.05, 0.1) is 19.3 Å². The van der Waals surface area contributed by atoms with Crippen molar-refractivity contribution in [1.29, 1.82) is 0 Å². The summed E-state index contributed by atoms with van der Waals surface area (Å²) in [7, 11) is 0. The van der Waals surface area contributed by atoms with Crippen LogP contribution in [-0.2, 0) is 16.0 Å². The van der Waals surface area contributed by atoms with Crippen molar-refractivity contribution in [2.75, 3.05) is 32.8 Å². The zero-order valence-electron chi connectivity index (χ0n) is 17.8. The van der Waals surface area contributed by atoms with E-state index in [1.165, 1.54) is 11.1 Å². The molecule has 0 spiro atoms. The first-order valence-corrected chi connectivity index (χ1v) is 10.8. The van der Waals surface area contributed by atoms with Crippen molar-refractivity contribution in [3.05, 3.63) is 59.7 Å². The average Bonchev–Trinajstić information content (AvgIpc) is 2.81. The number of carbonyl (C=O) groups excluding carboxylic acids is 1. The van der Waals surface area contributed by atoms with E-state index in [4.69, 9.17) is 9.94 Å². The molecule has 7 heteroatoms. The van der Waals surface area contributed by atoms with Crippen LogP contribution in [0.2, 0.25) is 0 Å². The molecule has 0 radical (unpaired) electrons. The maximum atomic E-state index is 11.0. The van der Waals surface area contributed by atoms with Crippen molar-refractivity contribution in [2.24, 2.45) is 0 Å². The Bertz CT molecular complexity index is 777. The van der Waals surface area contributed by atoms with Crippen molar-refractivity contribution in [3.63, 3.8) is 0 Å². The van der Waals surface area contributed by atoms with Crippen molar-refractivity contribution < 1.29 is 19.8 Å². The second kappa shape index (κ2) is 13.5. The molecule has 1 saturated heterocycles. The largest absolute Gasteiger partial charge is 0.388 e. The third-order valence-corrected chi connectivity index (χ3v) is 5.66. The number of rotatable bonds is 10. The predicted octanol–water partition coefficient (Wildman–Crippen LogP) is 3.75. The van der Waals surface area contributed by atoms with Gasteiger partial charge in [0.1, 0.15) is 0 Å². The van der Waals surface area contributed by atoms with E-state index < -0.39 is 6.10 Å². The molecule has 1 unspecified atom stereocenters. The number of aliphatic hydroxyl groups is 1. The first-order chi connectivity index (χ1) is 14.7. The quantitative estimate of drug-likeness (QED) is 0.293. The Labute approximate surface area is 190 Å². The van der Waals surface area contributed by atoms with Crippen LogP contribution in [0.3, 0.4) is 0 Å². The second-order valence-corrected chi connectivity index (χ2v) is 7.82. The molecule has 0 aliphatic carbocycles. The number of halogens is 1. The van der Waals surface area contributed by atoms with Gasteiger partial charge in [-0.3, -0.25) is 14.9 Å². The molecule has 1 aliphatic rings. The van der Waals surface area contributed by atoms with E-state index in [-0.39, 0.29) is 24.7 Å². The summed E-state index contributed by atoms with van der Waals surface area (Å²) in [6, 6.07) is 16.7.